The molecule has 1 aromatic carbocycles. The number of nitrogens with zero attached hydrogens (tertiary/aromatic N) is 4. The zero-order valence-corrected chi connectivity index (χ0v) is 12.7. The molecule has 3 aromatic rings. The number of H-pyrrole nitrogens is 1. The van der Waals surface area contributed by atoms with Gasteiger partial charge in [-0.05, 0) is 25.0 Å². The molecule has 1 atom stereocenters. The Morgan fingerprint density at radius 1 is 1.46 bits per heavy atom. The van der Waals surface area contributed by atoms with Crippen LogP contribution < -0.4 is 10.2 Å². The van der Waals surface area contributed by atoms with E-state index in [1.165, 1.54) is 18.3 Å². The van der Waals surface area contributed by atoms with Gasteiger partial charge in [0, 0.05) is 25.2 Å². The molecule has 2 N–H and O–H groups in total. The predicted octanol–water partition coefficient (Wildman–Crippen LogP) is 1.48. The molecule has 9 heteroatoms. The van der Waals surface area contributed by atoms with Crippen LogP contribution in [0.5, 0.6) is 0 Å². The van der Waals surface area contributed by atoms with Crippen molar-refractivity contribution in [3.63, 3.8) is 0 Å². The van der Waals surface area contributed by atoms with Crippen molar-refractivity contribution in [2.45, 2.75) is 18.9 Å². The summed E-state index contributed by atoms with van der Waals surface area (Å²) in [6.45, 7) is 1.34. The van der Waals surface area contributed by atoms with Gasteiger partial charge in [-0.15, -0.1) is 0 Å². The highest BCUT2D eigenvalue weighted by molar-refractivity contribution is 5.92. The standard InChI is InChI=1S/C15H15FN6O2/c16-9-3-4-13-11(6-9)19-15(24-13)22-5-1-2-10(8-22)18-14(23)12-7-17-21-20-12/h3-4,6-7,10H,1-2,5,8H2,(H,18,23)(H,17,20,21)/t10-/m0/s1. The predicted molar refractivity (Wildman–Crippen MR) is 83.1 cm³/mol. The molecule has 2 aromatic heterocycles. The number of carbonyl (C=O) groups is 1. The lowest BCUT2D eigenvalue weighted by Crippen LogP contribution is -2.48. The first-order valence-corrected chi connectivity index (χ1v) is 7.67. The Hall–Kier alpha value is -2.97. The van der Waals surface area contributed by atoms with Crippen LogP contribution in [0.4, 0.5) is 10.4 Å². The van der Waals surface area contributed by atoms with Crippen molar-refractivity contribution in [1.82, 2.24) is 25.7 Å². The van der Waals surface area contributed by atoms with E-state index in [1.807, 2.05) is 4.90 Å². The van der Waals surface area contributed by atoms with Crippen LogP contribution in [-0.4, -0.2) is 45.4 Å². The van der Waals surface area contributed by atoms with Crippen LogP contribution in [-0.2, 0) is 0 Å². The molecule has 124 valence electrons. The van der Waals surface area contributed by atoms with Gasteiger partial charge in [0.25, 0.3) is 11.9 Å². The fourth-order valence-corrected chi connectivity index (χ4v) is 2.86. The minimum atomic E-state index is -0.348. The third-order valence-corrected chi connectivity index (χ3v) is 4.01. The summed E-state index contributed by atoms with van der Waals surface area (Å²) in [5, 5.41) is 12.7. The van der Waals surface area contributed by atoms with Crippen LogP contribution in [0.25, 0.3) is 11.1 Å². The van der Waals surface area contributed by atoms with Crippen molar-refractivity contribution in [3.05, 3.63) is 35.9 Å². The molecule has 0 unspecified atom stereocenters. The summed E-state index contributed by atoms with van der Waals surface area (Å²) in [7, 11) is 0. The molecule has 8 nitrogen and oxygen atoms in total. The lowest BCUT2D eigenvalue weighted by molar-refractivity contribution is 0.0927. The summed E-state index contributed by atoms with van der Waals surface area (Å²) in [5.74, 6) is -0.617. The van der Waals surface area contributed by atoms with E-state index in [9.17, 15) is 9.18 Å². The highest BCUT2D eigenvalue weighted by Gasteiger charge is 2.25. The largest absolute Gasteiger partial charge is 0.423 e. The van der Waals surface area contributed by atoms with Crippen LogP contribution in [0, 0.1) is 5.82 Å². The van der Waals surface area contributed by atoms with Gasteiger partial charge < -0.3 is 14.6 Å². The molecule has 1 amide bonds. The van der Waals surface area contributed by atoms with Crippen molar-refractivity contribution in [1.29, 1.82) is 0 Å². The van der Waals surface area contributed by atoms with E-state index in [0.717, 1.165) is 19.4 Å². The number of oxazole rings is 1. The molecule has 0 spiro atoms. The maximum absolute atomic E-state index is 13.3. The van der Waals surface area contributed by atoms with Gasteiger partial charge in [0.15, 0.2) is 11.3 Å². The Kier molecular flexibility index (Phi) is 3.60. The number of fused-ring (bicyclic) bond motifs is 1. The number of piperidine rings is 1. The van der Waals surface area contributed by atoms with E-state index < -0.39 is 0 Å². The van der Waals surface area contributed by atoms with Gasteiger partial charge >= 0.3 is 0 Å². The van der Waals surface area contributed by atoms with E-state index in [2.05, 4.69) is 25.7 Å². The molecule has 24 heavy (non-hydrogen) atoms. The molecule has 1 aliphatic rings. The van der Waals surface area contributed by atoms with Crippen molar-refractivity contribution in [3.8, 4) is 0 Å². The topological polar surface area (TPSA) is 99.9 Å². The van der Waals surface area contributed by atoms with E-state index in [0.29, 0.717) is 23.7 Å². The minimum absolute atomic E-state index is 0.0466. The van der Waals surface area contributed by atoms with Gasteiger partial charge in [-0.1, -0.05) is 0 Å². The molecule has 0 aliphatic carbocycles. The normalized spacial score (nSPS) is 18.0. The monoisotopic (exact) mass is 330 g/mol. The zero-order chi connectivity index (χ0) is 16.5. The lowest BCUT2D eigenvalue weighted by atomic mass is 10.1. The van der Waals surface area contributed by atoms with Crippen LogP contribution in [0.2, 0.25) is 0 Å². The van der Waals surface area contributed by atoms with E-state index in [-0.39, 0.29) is 23.5 Å². The van der Waals surface area contributed by atoms with Gasteiger partial charge in [0.2, 0.25) is 0 Å². The number of aromatic nitrogens is 4. The Morgan fingerprint density at radius 3 is 3.21 bits per heavy atom. The number of aromatic amines is 1. The molecule has 0 saturated carbocycles. The first-order valence-electron chi connectivity index (χ1n) is 7.67. The number of anilines is 1. The van der Waals surface area contributed by atoms with E-state index in [1.54, 1.807) is 6.07 Å². The van der Waals surface area contributed by atoms with Crippen molar-refractivity contribution < 1.29 is 13.6 Å². The smallest absolute Gasteiger partial charge is 0.298 e. The van der Waals surface area contributed by atoms with E-state index >= 15 is 0 Å². The Morgan fingerprint density at radius 2 is 2.38 bits per heavy atom. The first kappa shape index (κ1) is 14.6. The number of amides is 1. The Labute approximate surface area is 136 Å². The van der Waals surface area contributed by atoms with Crippen molar-refractivity contribution >= 4 is 23.0 Å². The molecule has 1 fully saturated rings. The summed E-state index contributed by atoms with van der Waals surface area (Å²) in [6, 6.07) is 4.64. The van der Waals surface area contributed by atoms with Gasteiger partial charge in [-0.25, -0.2) is 4.39 Å². The zero-order valence-electron chi connectivity index (χ0n) is 12.7. The van der Waals surface area contributed by atoms with E-state index in [4.69, 9.17) is 4.42 Å². The van der Waals surface area contributed by atoms with Gasteiger partial charge in [-0.2, -0.15) is 20.4 Å². The first-order chi connectivity index (χ1) is 11.7. The second-order valence-electron chi connectivity index (χ2n) is 5.72. The van der Waals surface area contributed by atoms with Crippen molar-refractivity contribution in [2.24, 2.45) is 0 Å². The quantitative estimate of drug-likeness (QED) is 0.754. The maximum atomic E-state index is 13.3. The summed E-state index contributed by atoms with van der Waals surface area (Å²) in [4.78, 5) is 18.4. The molecule has 3 heterocycles. The molecular weight excluding hydrogens is 315 g/mol. The molecule has 1 saturated heterocycles. The molecular formula is C15H15FN6O2. The second kappa shape index (κ2) is 5.91. The number of nitrogens with one attached hydrogen (secondary N) is 2. The maximum Gasteiger partial charge on any atom is 0.298 e. The SMILES string of the molecule is O=C(N[C@H]1CCCN(c2nc3cc(F)ccc3o2)C1)c1cn[nH]n1. The van der Waals surface area contributed by atoms with Crippen LogP contribution in [0.1, 0.15) is 23.3 Å². The number of rotatable bonds is 3. The summed E-state index contributed by atoms with van der Waals surface area (Å²) in [5.41, 5.74) is 1.28. The van der Waals surface area contributed by atoms with Crippen LogP contribution in [0.15, 0.2) is 28.8 Å². The Balaban J connectivity index is 1.48. The summed E-state index contributed by atoms with van der Waals surface area (Å²) >= 11 is 0. The highest BCUT2D eigenvalue weighted by Crippen LogP contribution is 2.25. The fourth-order valence-electron chi connectivity index (χ4n) is 2.86. The van der Waals surface area contributed by atoms with Gasteiger partial charge in [-0.3, -0.25) is 4.79 Å². The molecule has 4 rings (SSSR count). The van der Waals surface area contributed by atoms with Crippen molar-refractivity contribution in [2.75, 3.05) is 18.0 Å². The number of hydrogen-bond acceptors (Lipinski definition) is 6. The highest BCUT2D eigenvalue weighted by atomic mass is 19.1. The van der Waals surface area contributed by atoms with Crippen LogP contribution >= 0.6 is 0 Å². The average molecular weight is 330 g/mol. The molecule has 1 aliphatic heterocycles. The average Bonchev–Trinajstić information content (AvgIpc) is 3.24. The summed E-state index contributed by atoms with van der Waals surface area (Å²) in [6.07, 6.45) is 3.12. The third kappa shape index (κ3) is 2.80. The minimum Gasteiger partial charge on any atom is -0.423 e. The second-order valence-corrected chi connectivity index (χ2v) is 5.72. The number of hydrogen-bond donors (Lipinski definition) is 2. The number of benzene rings is 1. The number of halogens is 1. The lowest BCUT2D eigenvalue weighted by Gasteiger charge is -2.31. The fraction of sp³-hybridized carbons (Fsp3) is 0.333. The number of carbonyl (C=O) groups excluding carboxylic acids is 1. The van der Waals surface area contributed by atoms with Gasteiger partial charge in [0.05, 0.1) is 6.20 Å². The Bertz CT molecular complexity index is 862. The summed E-state index contributed by atoms with van der Waals surface area (Å²) < 4.78 is 19.0. The molecule has 0 radical (unpaired) electrons. The van der Waals surface area contributed by atoms with Crippen LogP contribution in [0.3, 0.4) is 0 Å². The molecule has 0 bridgehead atoms. The third-order valence-electron chi connectivity index (χ3n) is 4.01. The van der Waals surface area contributed by atoms with Gasteiger partial charge in [0.1, 0.15) is 11.3 Å².